The minimum absolute atomic E-state index is 0. The number of fused-ring (bicyclic) bond motifs is 1. The molecule has 1 aliphatic rings. The van der Waals surface area contributed by atoms with Crippen molar-refractivity contribution in [3.05, 3.63) is 58.6 Å². The highest BCUT2D eigenvalue weighted by Crippen LogP contribution is 2.30. The molecule has 0 radical (unpaired) electrons. The minimum Gasteiger partial charge on any atom is -0.367 e. The fraction of sp³-hybridized carbons (Fsp3) is 0.300. The molecule has 0 bridgehead atoms. The molecule has 3 aromatic rings. The van der Waals surface area contributed by atoms with Gasteiger partial charge < -0.3 is 15.5 Å². The predicted octanol–water partition coefficient (Wildman–Crippen LogP) is 4.01. The van der Waals surface area contributed by atoms with Crippen molar-refractivity contribution in [2.75, 3.05) is 31.1 Å². The molecule has 1 amide bonds. The third-order valence-corrected chi connectivity index (χ3v) is 6.12. The van der Waals surface area contributed by atoms with Crippen LogP contribution < -0.4 is 10.6 Å². The average Bonchev–Trinajstić information content (AvgIpc) is 3.18. The molecule has 29 heavy (non-hydrogen) atoms. The number of halogens is 3. The van der Waals surface area contributed by atoms with E-state index in [9.17, 15) is 4.79 Å². The zero-order chi connectivity index (χ0) is 18.8. The summed E-state index contributed by atoms with van der Waals surface area (Å²) >= 11 is 7.62. The lowest BCUT2D eigenvalue weighted by atomic mass is 10.1. The second kappa shape index (κ2) is 10.5. The number of amides is 1. The molecular formula is C20H23Cl3N4OS. The molecule has 2 N–H and O–H groups in total. The second-order valence-corrected chi connectivity index (χ2v) is 8.07. The normalized spacial score (nSPS) is 14.8. The van der Waals surface area contributed by atoms with Crippen molar-refractivity contribution in [2.45, 2.75) is 12.5 Å². The van der Waals surface area contributed by atoms with Crippen LogP contribution in [0.15, 0.2) is 48.0 Å². The molecule has 0 aliphatic carbocycles. The highest BCUT2D eigenvalue weighted by atomic mass is 35.5. The van der Waals surface area contributed by atoms with Crippen LogP contribution in [0.3, 0.4) is 0 Å². The first-order valence-corrected chi connectivity index (χ1v) is 10.2. The summed E-state index contributed by atoms with van der Waals surface area (Å²) in [5, 5.41) is 2.75. The molecule has 5 nitrogen and oxygen atoms in total. The van der Waals surface area contributed by atoms with Crippen LogP contribution in [0.25, 0.3) is 10.2 Å². The first kappa shape index (κ1) is 23.7. The number of nitrogens with zero attached hydrogens (tertiary/aromatic N) is 3. The Hall–Kier alpha value is -1.57. The van der Waals surface area contributed by atoms with E-state index in [0.717, 1.165) is 24.2 Å². The van der Waals surface area contributed by atoms with Gasteiger partial charge in [-0.25, -0.2) is 0 Å². The van der Waals surface area contributed by atoms with Crippen molar-refractivity contribution in [3.63, 3.8) is 0 Å². The van der Waals surface area contributed by atoms with Gasteiger partial charge in [0.15, 0.2) is 0 Å². The molecule has 9 heteroatoms. The lowest BCUT2D eigenvalue weighted by Crippen LogP contribution is -2.53. The van der Waals surface area contributed by atoms with Crippen LogP contribution in [0.4, 0.5) is 5.69 Å². The SMILES string of the molecule is Cl.Cl.N[C@H](Cc1ccc(Cl)cc1)C(=O)N1CCN(c2ccnc3ccsc23)CC1. The number of hydrogen-bond donors (Lipinski definition) is 1. The molecule has 1 fully saturated rings. The summed E-state index contributed by atoms with van der Waals surface area (Å²) in [5.41, 5.74) is 9.43. The molecule has 1 aromatic carbocycles. The first-order valence-electron chi connectivity index (χ1n) is 8.98. The van der Waals surface area contributed by atoms with Crippen molar-refractivity contribution >= 4 is 69.6 Å². The Labute approximate surface area is 191 Å². The van der Waals surface area contributed by atoms with Crippen molar-refractivity contribution in [1.29, 1.82) is 0 Å². The Morgan fingerprint density at radius 3 is 2.48 bits per heavy atom. The number of piperazine rings is 1. The van der Waals surface area contributed by atoms with E-state index < -0.39 is 6.04 Å². The average molecular weight is 474 g/mol. The van der Waals surface area contributed by atoms with E-state index in [1.165, 1.54) is 10.4 Å². The molecule has 1 atom stereocenters. The van der Waals surface area contributed by atoms with Crippen LogP contribution in [-0.4, -0.2) is 48.0 Å². The molecule has 0 spiro atoms. The fourth-order valence-electron chi connectivity index (χ4n) is 3.47. The molecule has 156 valence electrons. The maximum atomic E-state index is 12.7. The van der Waals surface area contributed by atoms with Gasteiger partial charge in [0.05, 0.1) is 21.9 Å². The topological polar surface area (TPSA) is 62.5 Å². The van der Waals surface area contributed by atoms with Gasteiger partial charge in [-0.2, -0.15) is 0 Å². The Bertz CT molecular complexity index is 942. The molecule has 1 aliphatic heterocycles. The summed E-state index contributed by atoms with van der Waals surface area (Å²) in [5.74, 6) is 0.0144. The molecule has 0 unspecified atom stereocenters. The summed E-state index contributed by atoms with van der Waals surface area (Å²) in [6, 6.07) is 11.1. The maximum Gasteiger partial charge on any atom is 0.239 e. The van der Waals surface area contributed by atoms with Gasteiger partial charge in [0.25, 0.3) is 0 Å². The standard InChI is InChI=1S/C20H21ClN4OS.2ClH/c21-15-3-1-14(2-4-15)13-16(22)20(26)25-10-8-24(9-11-25)18-5-7-23-17-6-12-27-19(17)18;;/h1-7,12,16H,8-11,13,22H2;2*1H/t16-;;/m1../s1. The predicted molar refractivity (Wildman–Crippen MR) is 126 cm³/mol. The monoisotopic (exact) mass is 472 g/mol. The molecule has 1 saturated heterocycles. The molecule has 4 rings (SSSR count). The Balaban J connectivity index is 0.00000150. The van der Waals surface area contributed by atoms with Crippen LogP contribution >= 0.6 is 47.8 Å². The lowest BCUT2D eigenvalue weighted by Gasteiger charge is -2.37. The van der Waals surface area contributed by atoms with Crippen LogP contribution in [0.2, 0.25) is 5.02 Å². The summed E-state index contributed by atoms with van der Waals surface area (Å²) in [4.78, 5) is 21.3. The zero-order valence-electron chi connectivity index (χ0n) is 15.7. The third kappa shape index (κ3) is 5.32. The third-order valence-electron chi connectivity index (χ3n) is 4.94. The number of nitrogens with two attached hydrogens (primary N) is 1. The Morgan fingerprint density at radius 1 is 1.10 bits per heavy atom. The van der Waals surface area contributed by atoms with Crippen molar-refractivity contribution in [3.8, 4) is 0 Å². The molecular weight excluding hydrogens is 451 g/mol. The molecule has 0 saturated carbocycles. The van der Waals surface area contributed by atoms with E-state index in [0.29, 0.717) is 24.5 Å². The van der Waals surface area contributed by atoms with Gasteiger partial charge in [0, 0.05) is 37.4 Å². The molecule has 2 aromatic heterocycles. The highest BCUT2D eigenvalue weighted by Gasteiger charge is 2.26. The van der Waals surface area contributed by atoms with Crippen molar-refractivity contribution < 1.29 is 4.79 Å². The second-order valence-electron chi connectivity index (χ2n) is 6.71. The quantitative estimate of drug-likeness (QED) is 0.622. The summed E-state index contributed by atoms with van der Waals surface area (Å²) < 4.78 is 1.21. The Morgan fingerprint density at radius 2 is 1.79 bits per heavy atom. The summed E-state index contributed by atoms with van der Waals surface area (Å²) in [6.07, 6.45) is 2.38. The zero-order valence-corrected chi connectivity index (χ0v) is 18.9. The van der Waals surface area contributed by atoms with E-state index in [4.69, 9.17) is 17.3 Å². The maximum absolute atomic E-state index is 12.7. The van der Waals surface area contributed by atoms with Gasteiger partial charge in [0.1, 0.15) is 0 Å². The van der Waals surface area contributed by atoms with Crippen LogP contribution in [0.5, 0.6) is 0 Å². The van der Waals surface area contributed by atoms with Gasteiger partial charge in [-0.1, -0.05) is 23.7 Å². The number of pyridine rings is 1. The van der Waals surface area contributed by atoms with Gasteiger partial charge in [0.2, 0.25) is 5.91 Å². The van der Waals surface area contributed by atoms with Gasteiger partial charge >= 0.3 is 0 Å². The number of hydrogen-bond acceptors (Lipinski definition) is 5. The highest BCUT2D eigenvalue weighted by molar-refractivity contribution is 7.17. The van der Waals surface area contributed by atoms with Gasteiger partial charge in [-0.05, 0) is 41.6 Å². The van der Waals surface area contributed by atoms with E-state index in [-0.39, 0.29) is 30.7 Å². The number of aromatic nitrogens is 1. The number of rotatable bonds is 4. The van der Waals surface area contributed by atoms with E-state index >= 15 is 0 Å². The first-order chi connectivity index (χ1) is 13.1. The van der Waals surface area contributed by atoms with Gasteiger partial charge in [-0.15, -0.1) is 36.2 Å². The van der Waals surface area contributed by atoms with Crippen LogP contribution in [0, 0.1) is 0 Å². The lowest BCUT2D eigenvalue weighted by molar-refractivity contribution is -0.132. The van der Waals surface area contributed by atoms with E-state index in [2.05, 4.69) is 21.3 Å². The van der Waals surface area contributed by atoms with E-state index in [1.54, 1.807) is 11.3 Å². The van der Waals surface area contributed by atoms with Gasteiger partial charge in [-0.3, -0.25) is 9.78 Å². The van der Waals surface area contributed by atoms with E-state index in [1.807, 2.05) is 41.4 Å². The number of carbonyl (C=O) groups excluding carboxylic acids is 1. The summed E-state index contributed by atoms with van der Waals surface area (Å²) in [6.45, 7) is 2.97. The van der Waals surface area contributed by atoms with Crippen molar-refractivity contribution in [2.24, 2.45) is 5.73 Å². The minimum atomic E-state index is -0.525. The smallest absolute Gasteiger partial charge is 0.239 e. The summed E-state index contributed by atoms with van der Waals surface area (Å²) in [7, 11) is 0. The fourth-order valence-corrected chi connectivity index (χ4v) is 4.49. The largest absolute Gasteiger partial charge is 0.367 e. The van der Waals surface area contributed by atoms with Crippen LogP contribution in [0.1, 0.15) is 5.56 Å². The number of anilines is 1. The number of carbonyl (C=O) groups is 1. The Kier molecular flexibility index (Phi) is 8.55. The van der Waals surface area contributed by atoms with Crippen LogP contribution in [-0.2, 0) is 11.2 Å². The number of benzene rings is 1. The molecule has 3 heterocycles. The van der Waals surface area contributed by atoms with Crippen molar-refractivity contribution in [1.82, 2.24) is 9.88 Å². The number of thiophene rings is 1.